The van der Waals surface area contributed by atoms with Crippen molar-refractivity contribution in [2.24, 2.45) is 0 Å². The summed E-state index contributed by atoms with van der Waals surface area (Å²) < 4.78 is 0. The standard InChI is InChI=1S/C6H6ClN3O2S/c1-13-4-2(5(11)12)3(7)9-6(8)10-4/h1H3,(H,11,12)(H2,8,9,10). The molecule has 0 unspecified atom stereocenters. The van der Waals surface area contributed by atoms with Crippen LogP contribution in [0.3, 0.4) is 0 Å². The molecule has 7 heteroatoms. The lowest BCUT2D eigenvalue weighted by molar-refractivity contribution is 0.0692. The minimum atomic E-state index is -1.16. The topological polar surface area (TPSA) is 89.1 Å². The van der Waals surface area contributed by atoms with Crippen LogP contribution in [0.2, 0.25) is 5.15 Å². The maximum absolute atomic E-state index is 10.7. The molecule has 1 rings (SSSR count). The molecule has 0 aliphatic heterocycles. The van der Waals surface area contributed by atoms with E-state index in [0.29, 0.717) is 0 Å². The van der Waals surface area contributed by atoms with Gasteiger partial charge in [-0.1, -0.05) is 11.6 Å². The van der Waals surface area contributed by atoms with Gasteiger partial charge in [-0.3, -0.25) is 0 Å². The number of aromatic carboxylic acids is 1. The van der Waals surface area contributed by atoms with Crippen LogP contribution >= 0.6 is 23.4 Å². The summed E-state index contributed by atoms with van der Waals surface area (Å²) in [6, 6.07) is 0. The number of halogens is 1. The first-order chi connectivity index (χ1) is 6.06. The first-order valence-corrected chi connectivity index (χ1v) is 4.76. The molecule has 0 aliphatic carbocycles. The van der Waals surface area contributed by atoms with Crippen LogP contribution in [0.25, 0.3) is 0 Å². The van der Waals surface area contributed by atoms with Crippen molar-refractivity contribution in [3.8, 4) is 0 Å². The monoisotopic (exact) mass is 219 g/mol. The molecule has 13 heavy (non-hydrogen) atoms. The van der Waals surface area contributed by atoms with E-state index in [2.05, 4.69) is 9.97 Å². The fourth-order valence-corrected chi connectivity index (χ4v) is 1.64. The van der Waals surface area contributed by atoms with Gasteiger partial charge < -0.3 is 10.8 Å². The molecule has 0 amide bonds. The van der Waals surface area contributed by atoms with E-state index in [4.69, 9.17) is 22.4 Å². The first kappa shape index (κ1) is 10.1. The second-order valence-electron chi connectivity index (χ2n) is 2.06. The molecule has 0 bridgehead atoms. The van der Waals surface area contributed by atoms with Gasteiger partial charge in [0.2, 0.25) is 5.95 Å². The van der Waals surface area contributed by atoms with E-state index < -0.39 is 5.97 Å². The molecule has 5 nitrogen and oxygen atoms in total. The molecular formula is C6H6ClN3O2S. The predicted octanol–water partition coefficient (Wildman–Crippen LogP) is 1.13. The Morgan fingerprint density at radius 2 is 2.23 bits per heavy atom. The summed E-state index contributed by atoms with van der Waals surface area (Å²) in [5.74, 6) is -1.19. The lowest BCUT2D eigenvalue weighted by Gasteiger charge is -2.03. The van der Waals surface area contributed by atoms with Crippen LogP contribution in [-0.4, -0.2) is 27.3 Å². The number of rotatable bonds is 2. The number of carboxylic acid groups (broad SMARTS) is 1. The lowest BCUT2D eigenvalue weighted by atomic mass is 10.3. The van der Waals surface area contributed by atoms with Crippen molar-refractivity contribution in [3.63, 3.8) is 0 Å². The van der Waals surface area contributed by atoms with Crippen molar-refractivity contribution in [1.29, 1.82) is 0 Å². The zero-order chi connectivity index (χ0) is 10.0. The van der Waals surface area contributed by atoms with E-state index in [1.165, 1.54) is 0 Å². The third-order valence-electron chi connectivity index (χ3n) is 1.26. The SMILES string of the molecule is CSc1nc(N)nc(Cl)c1C(=O)O. The number of carbonyl (C=O) groups is 1. The molecule has 0 saturated heterocycles. The Labute approximate surface area is 83.3 Å². The quantitative estimate of drug-likeness (QED) is 0.573. The number of aromatic nitrogens is 2. The molecule has 0 spiro atoms. The molecule has 0 aliphatic rings. The summed E-state index contributed by atoms with van der Waals surface area (Å²) in [5, 5.41) is 8.88. The Hall–Kier alpha value is -1.01. The highest BCUT2D eigenvalue weighted by molar-refractivity contribution is 7.98. The molecule has 0 aromatic carbocycles. The molecule has 0 atom stereocenters. The zero-order valence-electron chi connectivity index (χ0n) is 6.61. The summed E-state index contributed by atoms with van der Waals surface area (Å²) in [6.45, 7) is 0. The van der Waals surface area contributed by atoms with Gasteiger partial charge in [0.15, 0.2) is 0 Å². The van der Waals surface area contributed by atoms with E-state index in [-0.39, 0.29) is 21.7 Å². The van der Waals surface area contributed by atoms with E-state index in [0.717, 1.165) is 11.8 Å². The third-order valence-corrected chi connectivity index (χ3v) is 2.21. The summed E-state index contributed by atoms with van der Waals surface area (Å²) >= 11 is 6.74. The molecular weight excluding hydrogens is 214 g/mol. The van der Waals surface area contributed by atoms with Crippen molar-refractivity contribution >= 4 is 35.3 Å². The van der Waals surface area contributed by atoms with Crippen LogP contribution in [0.1, 0.15) is 10.4 Å². The van der Waals surface area contributed by atoms with Crippen LogP contribution < -0.4 is 5.73 Å². The van der Waals surface area contributed by atoms with E-state index in [9.17, 15) is 4.79 Å². The fraction of sp³-hybridized carbons (Fsp3) is 0.167. The van der Waals surface area contributed by atoms with Gasteiger partial charge >= 0.3 is 5.97 Å². The molecule has 1 aromatic rings. The predicted molar refractivity (Wildman–Crippen MR) is 50.2 cm³/mol. The highest BCUT2D eigenvalue weighted by Crippen LogP contribution is 2.24. The maximum Gasteiger partial charge on any atom is 0.341 e. The van der Waals surface area contributed by atoms with Gasteiger partial charge in [-0.15, -0.1) is 11.8 Å². The average molecular weight is 220 g/mol. The highest BCUT2D eigenvalue weighted by Gasteiger charge is 2.17. The molecule has 0 radical (unpaired) electrons. The number of carboxylic acids is 1. The van der Waals surface area contributed by atoms with Crippen LogP contribution in [0, 0.1) is 0 Å². The van der Waals surface area contributed by atoms with Crippen molar-refractivity contribution in [1.82, 2.24) is 9.97 Å². The van der Waals surface area contributed by atoms with Gasteiger partial charge in [0, 0.05) is 0 Å². The molecule has 70 valence electrons. The van der Waals surface area contributed by atoms with Gasteiger partial charge in [0.05, 0.1) is 0 Å². The minimum absolute atomic E-state index is 0.0284. The molecule has 0 fully saturated rings. The molecule has 1 aromatic heterocycles. The van der Waals surface area contributed by atoms with Crippen LogP contribution in [0.15, 0.2) is 5.03 Å². The van der Waals surface area contributed by atoms with Crippen molar-refractivity contribution in [3.05, 3.63) is 10.7 Å². The van der Waals surface area contributed by atoms with Crippen molar-refractivity contribution in [2.75, 3.05) is 12.0 Å². The lowest BCUT2D eigenvalue weighted by Crippen LogP contribution is -2.06. The van der Waals surface area contributed by atoms with Gasteiger partial charge in [-0.2, -0.15) is 0 Å². The van der Waals surface area contributed by atoms with Gasteiger partial charge in [0.1, 0.15) is 15.7 Å². The average Bonchev–Trinajstić information content (AvgIpc) is 2.01. The number of nitrogens with two attached hydrogens (primary N) is 1. The largest absolute Gasteiger partial charge is 0.477 e. The van der Waals surface area contributed by atoms with Crippen molar-refractivity contribution in [2.45, 2.75) is 5.03 Å². The summed E-state index contributed by atoms with van der Waals surface area (Å²) in [4.78, 5) is 18.0. The van der Waals surface area contributed by atoms with Crippen LogP contribution in [0.5, 0.6) is 0 Å². The molecule has 1 heterocycles. The second-order valence-corrected chi connectivity index (χ2v) is 3.22. The van der Waals surface area contributed by atoms with E-state index >= 15 is 0 Å². The Kier molecular flexibility index (Phi) is 2.94. The van der Waals surface area contributed by atoms with Crippen LogP contribution in [0.4, 0.5) is 5.95 Å². The Morgan fingerprint density at radius 3 is 2.69 bits per heavy atom. The number of nitrogen functional groups attached to an aromatic ring is 1. The number of hydrogen-bond acceptors (Lipinski definition) is 5. The van der Waals surface area contributed by atoms with Crippen molar-refractivity contribution < 1.29 is 9.90 Å². The Morgan fingerprint density at radius 1 is 1.62 bits per heavy atom. The summed E-state index contributed by atoms with van der Waals surface area (Å²) in [7, 11) is 0. The Balaban J connectivity index is 3.38. The van der Waals surface area contributed by atoms with E-state index in [1.807, 2.05) is 0 Å². The number of thioether (sulfide) groups is 1. The Bertz CT molecular complexity index is 358. The fourth-order valence-electron chi connectivity index (χ4n) is 0.757. The minimum Gasteiger partial charge on any atom is -0.477 e. The summed E-state index contributed by atoms with van der Waals surface area (Å²) in [6.07, 6.45) is 1.69. The smallest absolute Gasteiger partial charge is 0.341 e. The number of anilines is 1. The number of nitrogens with zero attached hydrogens (tertiary/aromatic N) is 2. The maximum atomic E-state index is 10.7. The zero-order valence-corrected chi connectivity index (χ0v) is 8.19. The molecule has 0 saturated carbocycles. The van der Waals surface area contributed by atoms with Gasteiger partial charge in [-0.25, -0.2) is 14.8 Å². The van der Waals surface area contributed by atoms with Crippen LogP contribution in [-0.2, 0) is 0 Å². The van der Waals surface area contributed by atoms with Gasteiger partial charge in [0.25, 0.3) is 0 Å². The third kappa shape index (κ3) is 2.02. The number of hydrogen-bond donors (Lipinski definition) is 2. The normalized spacial score (nSPS) is 10.0. The second kappa shape index (κ2) is 3.80. The first-order valence-electron chi connectivity index (χ1n) is 3.16. The van der Waals surface area contributed by atoms with Gasteiger partial charge in [-0.05, 0) is 6.26 Å². The highest BCUT2D eigenvalue weighted by atomic mass is 35.5. The molecule has 3 N–H and O–H groups in total. The summed E-state index contributed by atoms with van der Waals surface area (Å²) in [5.41, 5.74) is 5.18. The van der Waals surface area contributed by atoms with E-state index in [1.54, 1.807) is 6.26 Å².